The molecular weight excluding hydrogens is 432 g/mol. The van der Waals surface area contributed by atoms with E-state index in [1.54, 1.807) is 24.3 Å². The molecule has 2 N–H and O–H groups in total. The Labute approximate surface area is 198 Å². The first-order chi connectivity index (χ1) is 16.5. The van der Waals surface area contributed by atoms with Crippen LogP contribution in [0.1, 0.15) is 35.1 Å². The highest BCUT2D eigenvalue weighted by Gasteiger charge is 2.30. The van der Waals surface area contributed by atoms with Crippen LogP contribution < -0.4 is 5.32 Å². The van der Waals surface area contributed by atoms with Crippen LogP contribution in [0.15, 0.2) is 78.9 Å². The Hall–Kier alpha value is -4.13. The number of aliphatic carboxylic acids is 1. The molecule has 174 valence electrons. The van der Waals surface area contributed by atoms with Crippen molar-refractivity contribution in [2.24, 2.45) is 0 Å². The summed E-state index contributed by atoms with van der Waals surface area (Å²) in [6.45, 7) is 0.161. The fourth-order valence-electron chi connectivity index (χ4n) is 4.28. The average molecular weight is 459 g/mol. The van der Waals surface area contributed by atoms with Gasteiger partial charge >= 0.3 is 12.1 Å². The zero-order valence-electron chi connectivity index (χ0n) is 18.8. The van der Waals surface area contributed by atoms with Gasteiger partial charge in [-0.2, -0.15) is 0 Å². The number of rotatable bonds is 8. The van der Waals surface area contributed by atoms with Crippen LogP contribution in [0.4, 0.5) is 4.79 Å². The topological polar surface area (TPSA) is 95.9 Å². The zero-order valence-corrected chi connectivity index (χ0v) is 18.8. The van der Waals surface area contributed by atoms with Gasteiger partial charge < -0.3 is 20.1 Å². The highest BCUT2D eigenvalue weighted by molar-refractivity contribution is 5.87. The number of ether oxygens (including phenoxy) is 1. The molecule has 1 aliphatic rings. The number of carboxylic acid groups (broad SMARTS) is 1. The highest BCUT2D eigenvalue weighted by atomic mass is 16.5. The van der Waals surface area contributed by atoms with E-state index >= 15 is 0 Å². The first-order valence-corrected chi connectivity index (χ1v) is 11.1. The summed E-state index contributed by atoms with van der Waals surface area (Å²) in [5, 5.41) is 11.6. The lowest BCUT2D eigenvalue weighted by Crippen LogP contribution is -2.42. The maximum absolute atomic E-state index is 13.0. The molecule has 0 radical (unpaired) electrons. The molecule has 0 saturated heterocycles. The number of carbonyl (C=O) groups is 3. The van der Waals surface area contributed by atoms with Gasteiger partial charge in [0.25, 0.3) is 0 Å². The van der Waals surface area contributed by atoms with Crippen LogP contribution in [-0.4, -0.2) is 48.2 Å². The number of nitrogens with one attached hydrogen (secondary N) is 1. The average Bonchev–Trinajstić information content (AvgIpc) is 3.18. The third-order valence-electron chi connectivity index (χ3n) is 6.02. The van der Waals surface area contributed by atoms with Crippen LogP contribution in [-0.2, 0) is 14.3 Å². The van der Waals surface area contributed by atoms with Crippen molar-refractivity contribution in [3.63, 3.8) is 0 Å². The molecule has 7 heteroatoms. The summed E-state index contributed by atoms with van der Waals surface area (Å²) < 4.78 is 5.60. The van der Waals surface area contributed by atoms with Crippen molar-refractivity contribution in [1.29, 1.82) is 0 Å². The first-order valence-electron chi connectivity index (χ1n) is 11.1. The molecule has 1 atom stereocenters. The predicted octanol–water partition coefficient (Wildman–Crippen LogP) is 4.20. The minimum Gasteiger partial charge on any atom is -0.481 e. The molecule has 0 unspecified atom stereocenters. The van der Waals surface area contributed by atoms with E-state index in [1.807, 2.05) is 42.5 Å². The summed E-state index contributed by atoms with van der Waals surface area (Å²) in [6, 6.07) is 23.9. The Morgan fingerprint density at radius 2 is 1.47 bits per heavy atom. The Kier molecular flexibility index (Phi) is 6.92. The normalized spacial score (nSPS) is 12.9. The lowest BCUT2D eigenvalue weighted by molar-refractivity contribution is -0.138. The van der Waals surface area contributed by atoms with E-state index < -0.39 is 24.0 Å². The van der Waals surface area contributed by atoms with Crippen LogP contribution in [0.2, 0.25) is 0 Å². The first kappa shape index (κ1) is 23.0. The standard InChI is InChI=1S/C27H26N2O5/c1-29(16-15-24(30)31)26(32)25(18-9-3-2-4-10-18)28-27(33)34-17-23-21-13-7-5-11-19(21)20-12-6-8-14-22(20)23/h2-14,23,25H,15-17H2,1H3,(H,28,33)(H,30,31)/t25-/m1/s1. The Morgan fingerprint density at radius 3 is 2.06 bits per heavy atom. The number of likely N-dealkylation sites (N-methyl/N-ethyl adjacent to an activating group) is 1. The number of carbonyl (C=O) groups excluding carboxylic acids is 2. The number of hydrogen-bond donors (Lipinski definition) is 2. The van der Waals surface area contributed by atoms with Crippen molar-refractivity contribution in [1.82, 2.24) is 10.2 Å². The van der Waals surface area contributed by atoms with Crippen LogP contribution in [0.5, 0.6) is 0 Å². The van der Waals surface area contributed by atoms with Gasteiger partial charge in [0.05, 0.1) is 6.42 Å². The van der Waals surface area contributed by atoms with Crippen molar-refractivity contribution < 1.29 is 24.2 Å². The minimum absolute atomic E-state index is 0.0316. The van der Waals surface area contributed by atoms with E-state index in [1.165, 1.54) is 11.9 Å². The van der Waals surface area contributed by atoms with Gasteiger partial charge in [-0.1, -0.05) is 78.9 Å². The number of fused-ring (bicyclic) bond motifs is 3. The van der Waals surface area contributed by atoms with Crippen molar-refractivity contribution in [2.75, 3.05) is 20.2 Å². The Morgan fingerprint density at radius 1 is 0.912 bits per heavy atom. The number of carboxylic acids is 1. The van der Waals surface area contributed by atoms with Gasteiger partial charge in [0.2, 0.25) is 5.91 Å². The van der Waals surface area contributed by atoms with Crippen LogP contribution in [0, 0.1) is 0 Å². The lowest BCUT2D eigenvalue weighted by Gasteiger charge is -2.24. The summed E-state index contributed by atoms with van der Waals surface area (Å²) in [5.74, 6) is -1.51. The number of alkyl carbamates (subject to hydrolysis) is 1. The predicted molar refractivity (Wildman–Crippen MR) is 127 cm³/mol. The Bertz CT molecular complexity index is 1150. The molecule has 1 aliphatic carbocycles. The second kappa shape index (κ2) is 10.2. The molecule has 0 bridgehead atoms. The SMILES string of the molecule is CN(CCC(=O)O)C(=O)[C@H](NC(=O)OCC1c2ccccc2-c2ccccc21)c1ccccc1. The van der Waals surface area contributed by atoms with E-state index in [-0.39, 0.29) is 25.5 Å². The van der Waals surface area contributed by atoms with Gasteiger partial charge in [-0.3, -0.25) is 9.59 Å². The van der Waals surface area contributed by atoms with Gasteiger partial charge in [0.15, 0.2) is 0 Å². The number of amides is 2. The van der Waals surface area contributed by atoms with Crippen LogP contribution in [0.3, 0.4) is 0 Å². The van der Waals surface area contributed by atoms with Crippen molar-refractivity contribution >= 4 is 18.0 Å². The van der Waals surface area contributed by atoms with Crippen LogP contribution >= 0.6 is 0 Å². The molecule has 0 spiro atoms. The molecule has 3 aromatic rings. The zero-order chi connectivity index (χ0) is 24.1. The Balaban J connectivity index is 1.47. The largest absolute Gasteiger partial charge is 0.481 e. The fourth-order valence-corrected chi connectivity index (χ4v) is 4.28. The minimum atomic E-state index is -1.000. The summed E-state index contributed by atoms with van der Waals surface area (Å²) in [5.41, 5.74) is 5.04. The molecule has 34 heavy (non-hydrogen) atoms. The van der Waals surface area contributed by atoms with Gasteiger partial charge in [0, 0.05) is 19.5 Å². The molecular formula is C27H26N2O5. The molecule has 7 nitrogen and oxygen atoms in total. The fraction of sp³-hybridized carbons (Fsp3) is 0.222. The van der Waals surface area contributed by atoms with Gasteiger partial charge in [0.1, 0.15) is 12.6 Å². The molecule has 0 aliphatic heterocycles. The molecule has 4 rings (SSSR count). The highest BCUT2D eigenvalue weighted by Crippen LogP contribution is 2.44. The van der Waals surface area contributed by atoms with Gasteiger partial charge in [-0.15, -0.1) is 0 Å². The van der Waals surface area contributed by atoms with E-state index in [0.29, 0.717) is 5.56 Å². The quantitative estimate of drug-likeness (QED) is 0.528. The molecule has 0 aromatic heterocycles. The smallest absolute Gasteiger partial charge is 0.408 e. The number of nitrogens with zero attached hydrogens (tertiary/aromatic N) is 1. The molecule has 0 saturated carbocycles. The van der Waals surface area contributed by atoms with E-state index in [9.17, 15) is 14.4 Å². The molecule has 2 amide bonds. The lowest BCUT2D eigenvalue weighted by atomic mass is 9.98. The summed E-state index contributed by atoms with van der Waals surface area (Å²) >= 11 is 0. The summed E-state index contributed by atoms with van der Waals surface area (Å²) in [4.78, 5) is 38.0. The molecule has 0 heterocycles. The van der Waals surface area contributed by atoms with Gasteiger partial charge in [-0.05, 0) is 27.8 Å². The third-order valence-corrected chi connectivity index (χ3v) is 6.02. The summed E-state index contributed by atoms with van der Waals surface area (Å²) in [7, 11) is 1.51. The molecule has 0 fully saturated rings. The van der Waals surface area contributed by atoms with Gasteiger partial charge in [-0.25, -0.2) is 4.79 Å². The monoisotopic (exact) mass is 458 g/mol. The van der Waals surface area contributed by atoms with E-state index in [4.69, 9.17) is 9.84 Å². The second-order valence-electron chi connectivity index (χ2n) is 8.22. The second-order valence-corrected chi connectivity index (χ2v) is 8.22. The van der Waals surface area contributed by atoms with Crippen molar-refractivity contribution in [2.45, 2.75) is 18.4 Å². The van der Waals surface area contributed by atoms with E-state index in [0.717, 1.165) is 22.3 Å². The maximum atomic E-state index is 13.0. The third kappa shape index (κ3) is 4.93. The number of hydrogen-bond acceptors (Lipinski definition) is 4. The maximum Gasteiger partial charge on any atom is 0.408 e. The summed E-state index contributed by atoms with van der Waals surface area (Å²) in [6.07, 6.45) is -0.898. The van der Waals surface area contributed by atoms with Crippen molar-refractivity contribution in [3.05, 3.63) is 95.6 Å². The van der Waals surface area contributed by atoms with Crippen LogP contribution in [0.25, 0.3) is 11.1 Å². The van der Waals surface area contributed by atoms with E-state index in [2.05, 4.69) is 17.4 Å². The van der Waals surface area contributed by atoms with Crippen molar-refractivity contribution in [3.8, 4) is 11.1 Å². The number of benzene rings is 3. The molecule has 3 aromatic carbocycles.